The van der Waals surface area contributed by atoms with Gasteiger partial charge in [0.15, 0.2) is 0 Å². The van der Waals surface area contributed by atoms with Crippen LogP contribution >= 0.6 is 0 Å². The quantitative estimate of drug-likeness (QED) is 0.642. The van der Waals surface area contributed by atoms with Crippen LogP contribution in [0.25, 0.3) is 0 Å². The lowest BCUT2D eigenvalue weighted by Gasteiger charge is -2.21. The molecule has 2 N–H and O–H groups in total. The highest BCUT2D eigenvalue weighted by atomic mass is 16.3. The van der Waals surface area contributed by atoms with E-state index in [-0.39, 0.29) is 5.91 Å². The summed E-state index contributed by atoms with van der Waals surface area (Å²) in [5.41, 5.74) is -0.525. The minimum Gasteiger partial charge on any atom is -0.389 e. The Labute approximate surface area is 84.3 Å². The Morgan fingerprint density at radius 2 is 2.50 bits per heavy atom. The molecule has 2 rings (SSSR count). The summed E-state index contributed by atoms with van der Waals surface area (Å²) in [6, 6.07) is 0.302. The third kappa shape index (κ3) is 2.25. The summed E-state index contributed by atoms with van der Waals surface area (Å²) in [6.07, 6.45) is 2.44. The second-order valence-corrected chi connectivity index (χ2v) is 4.79. The standard InChI is InChI=1S/C10H18N2O2/c1-10(14)4-5-12(7-10)6-8-2-3-9(13)11-8/h8,14H,2-7H2,1H3,(H,11,13). The van der Waals surface area contributed by atoms with Gasteiger partial charge in [-0.1, -0.05) is 0 Å². The first kappa shape index (κ1) is 9.93. The molecule has 0 radical (unpaired) electrons. The van der Waals surface area contributed by atoms with E-state index in [4.69, 9.17) is 0 Å². The number of nitrogens with zero attached hydrogens (tertiary/aromatic N) is 1. The number of hydrogen-bond donors (Lipinski definition) is 2. The van der Waals surface area contributed by atoms with Crippen LogP contribution in [-0.4, -0.2) is 47.2 Å². The van der Waals surface area contributed by atoms with Crippen molar-refractivity contribution in [3.05, 3.63) is 0 Å². The van der Waals surface area contributed by atoms with E-state index in [1.807, 2.05) is 6.92 Å². The first-order chi connectivity index (χ1) is 6.55. The van der Waals surface area contributed by atoms with Gasteiger partial charge in [-0.25, -0.2) is 0 Å². The van der Waals surface area contributed by atoms with E-state index in [2.05, 4.69) is 10.2 Å². The summed E-state index contributed by atoms with van der Waals surface area (Å²) < 4.78 is 0. The fraction of sp³-hybridized carbons (Fsp3) is 0.900. The topological polar surface area (TPSA) is 52.6 Å². The first-order valence-corrected chi connectivity index (χ1v) is 5.29. The Balaban J connectivity index is 1.79. The molecule has 2 unspecified atom stereocenters. The maximum absolute atomic E-state index is 11.0. The molecule has 0 aromatic rings. The minimum atomic E-state index is -0.525. The summed E-state index contributed by atoms with van der Waals surface area (Å²) >= 11 is 0. The first-order valence-electron chi connectivity index (χ1n) is 5.29. The van der Waals surface area contributed by atoms with Crippen LogP contribution in [0.5, 0.6) is 0 Å². The zero-order valence-corrected chi connectivity index (χ0v) is 8.62. The molecule has 2 atom stereocenters. The van der Waals surface area contributed by atoms with Crippen LogP contribution in [0.1, 0.15) is 26.2 Å². The summed E-state index contributed by atoms with van der Waals surface area (Å²) in [5, 5.41) is 12.7. The van der Waals surface area contributed by atoms with Crippen LogP contribution in [-0.2, 0) is 4.79 Å². The lowest BCUT2D eigenvalue weighted by Crippen LogP contribution is -2.39. The van der Waals surface area contributed by atoms with Gasteiger partial charge in [-0.3, -0.25) is 9.69 Å². The highest BCUT2D eigenvalue weighted by Gasteiger charge is 2.33. The SMILES string of the molecule is CC1(O)CCN(CC2CCC(=O)N2)C1. The van der Waals surface area contributed by atoms with Crippen LogP contribution in [0.2, 0.25) is 0 Å². The molecule has 2 fully saturated rings. The third-order valence-corrected chi connectivity index (χ3v) is 3.09. The van der Waals surface area contributed by atoms with Gasteiger partial charge in [0.05, 0.1) is 5.60 Å². The van der Waals surface area contributed by atoms with Gasteiger partial charge in [0.1, 0.15) is 0 Å². The van der Waals surface area contributed by atoms with E-state index in [0.717, 1.165) is 32.5 Å². The molecule has 2 saturated heterocycles. The molecule has 0 saturated carbocycles. The van der Waals surface area contributed by atoms with Crippen LogP contribution in [0.3, 0.4) is 0 Å². The normalized spacial score (nSPS) is 39.0. The van der Waals surface area contributed by atoms with E-state index in [0.29, 0.717) is 12.5 Å². The van der Waals surface area contributed by atoms with Gasteiger partial charge in [0, 0.05) is 32.1 Å². The van der Waals surface area contributed by atoms with Crippen LogP contribution in [0.15, 0.2) is 0 Å². The third-order valence-electron chi connectivity index (χ3n) is 3.09. The van der Waals surface area contributed by atoms with Crippen molar-refractivity contribution in [1.29, 1.82) is 0 Å². The minimum absolute atomic E-state index is 0.168. The Kier molecular flexibility index (Phi) is 2.49. The molecule has 4 heteroatoms. The molecule has 2 aliphatic rings. The maximum Gasteiger partial charge on any atom is 0.220 e. The summed E-state index contributed by atoms with van der Waals surface area (Å²) in [5.74, 6) is 0.168. The van der Waals surface area contributed by atoms with Crippen molar-refractivity contribution in [3.8, 4) is 0 Å². The number of hydrogen-bond acceptors (Lipinski definition) is 3. The number of carbonyl (C=O) groups excluding carboxylic acids is 1. The van der Waals surface area contributed by atoms with Crippen molar-refractivity contribution < 1.29 is 9.90 Å². The van der Waals surface area contributed by atoms with Crippen molar-refractivity contribution in [2.75, 3.05) is 19.6 Å². The van der Waals surface area contributed by atoms with Gasteiger partial charge in [0.2, 0.25) is 5.91 Å². The van der Waals surface area contributed by atoms with Gasteiger partial charge in [0.25, 0.3) is 0 Å². The number of rotatable bonds is 2. The zero-order valence-electron chi connectivity index (χ0n) is 8.62. The van der Waals surface area contributed by atoms with Gasteiger partial charge in [-0.2, -0.15) is 0 Å². The van der Waals surface area contributed by atoms with Crippen LogP contribution in [0, 0.1) is 0 Å². The molecular weight excluding hydrogens is 180 g/mol. The molecule has 0 aliphatic carbocycles. The van der Waals surface area contributed by atoms with Crippen molar-refractivity contribution in [2.24, 2.45) is 0 Å². The number of likely N-dealkylation sites (tertiary alicyclic amines) is 1. The van der Waals surface area contributed by atoms with Gasteiger partial charge in [-0.05, 0) is 19.8 Å². The second kappa shape index (κ2) is 3.51. The Morgan fingerprint density at radius 3 is 3.00 bits per heavy atom. The van der Waals surface area contributed by atoms with Crippen molar-refractivity contribution in [3.63, 3.8) is 0 Å². The van der Waals surface area contributed by atoms with Crippen molar-refractivity contribution >= 4 is 5.91 Å². The van der Waals surface area contributed by atoms with E-state index in [9.17, 15) is 9.90 Å². The molecule has 1 amide bonds. The van der Waals surface area contributed by atoms with Crippen LogP contribution < -0.4 is 5.32 Å². The van der Waals surface area contributed by atoms with E-state index in [1.165, 1.54) is 0 Å². The van der Waals surface area contributed by atoms with Gasteiger partial charge in [-0.15, -0.1) is 0 Å². The predicted molar refractivity (Wildman–Crippen MR) is 52.8 cm³/mol. The average Bonchev–Trinajstić information content (AvgIpc) is 2.59. The molecule has 0 bridgehead atoms. The largest absolute Gasteiger partial charge is 0.389 e. The molecule has 14 heavy (non-hydrogen) atoms. The lowest BCUT2D eigenvalue weighted by atomic mass is 10.1. The molecule has 0 aromatic carbocycles. The second-order valence-electron chi connectivity index (χ2n) is 4.79. The zero-order chi connectivity index (χ0) is 10.2. The predicted octanol–water partition coefficient (Wildman–Crippen LogP) is -0.278. The van der Waals surface area contributed by atoms with E-state index >= 15 is 0 Å². The molecule has 0 spiro atoms. The molecule has 0 aromatic heterocycles. The molecule has 2 aliphatic heterocycles. The van der Waals surface area contributed by atoms with Gasteiger partial charge < -0.3 is 10.4 Å². The summed E-state index contributed by atoms with van der Waals surface area (Å²) in [6.45, 7) is 4.45. The van der Waals surface area contributed by atoms with Crippen LogP contribution in [0.4, 0.5) is 0 Å². The van der Waals surface area contributed by atoms with Crippen molar-refractivity contribution in [2.45, 2.75) is 37.8 Å². The maximum atomic E-state index is 11.0. The Morgan fingerprint density at radius 1 is 1.71 bits per heavy atom. The van der Waals surface area contributed by atoms with E-state index < -0.39 is 5.60 Å². The molecular formula is C10H18N2O2. The smallest absolute Gasteiger partial charge is 0.220 e. The molecule has 80 valence electrons. The highest BCUT2D eigenvalue weighted by molar-refractivity contribution is 5.78. The lowest BCUT2D eigenvalue weighted by molar-refractivity contribution is -0.119. The van der Waals surface area contributed by atoms with E-state index in [1.54, 1.807) is 0 Å². The highest BCUT2D eigenvalue weighted by Crippen LogP contribution is 2.21. The summed E-state index contributed by atoms with van der Waals surface area (Å²) in [7, 11) is 0. The van der Waals surface area contributed by atoms with Crippen molar-refractivity contribution in [1.82, 2.24) is 10.2 Å². The molecule has 4 nitrogen and oxygen atoms in total. The molecule has 2 heterocycles. The Hall–Kier alpha value is -0.610. The fourth-order valence-electron chi connectivity index (χ4n) is 2.32. The number of aliphatic hydroxyl groups is 1. The Bertz CT molecular complexity index is 240. The summed E-state index contributed by atoms with van der Waals surface area (Å²) in [4.78, 5) is 13.2. The number of β-amino-alcohol motifs (C(OH)–C–C–N with tert-alkyl or cyclic N) is 1. The number of nitrogens with one attached hydrogen (secondary N) is 1. The monoisotopic (exact) mass is 198 g/mol. The van der Waals surface area contributed by atoms with Gasteiger partial charge >= 0.3 is 0 Å². The fourth-order valence-corrected chi connectivity index (χ4v) is 2.32. The average molecular weight is 198 g/mol. The number of amides is 1. The number of carbonyl (C=O) groups is 1.